The summed E-state index contributed by atoms with van der Waals surface area (Å²) in [7, 11) is 0. The number of para-hydroxylation sites is 1. The average molecular weight is 788 g/mol. The van der Waals surface area contributed by atoms with Gasteiger partial charge in [0.25, 0.3) is 0 Å². The van der Waals surface area contributed by atoms with Gasteiger partial charge in [-0.05, 0) is 114 Å². The summed E-state index contributed by atoms with van der Waals surface area (Å²) in [6.07, 6.45) is 0. The van der Waals surface area contributed by atoms with Crippen LogP contribution in [0.1, 0.15) is 22.3 Å². The number of rotatable bonds is 6. The lowest BCUT2D eigenvalue weighted by Gasteiger charge is -2.35. The molecule has 0 radical (unpaired) electrons. The Bertz CT molecular complexity index is 3250. The Morgan fingerprint density at radius 1 is 0.242 bits per heavy atom. The van der Waals surface area contributed by atoms with Crippen LogP contribution in [0.25, 0.3) is 66.8 Å². The second-order valence-corrected chi connectivity index (χ2v) is 16.3. The fourth-order valence-corrected chi connectivity index (χ4v) is 10.5. The summed E-state index contributed by atoms with van der Waals surface area (Å²) in [6, 6.07) is 91.8. The highest BCUT2D eigenvalue weighted by atomic mass is 15.1. The SMILES string of the molecule is c1ccc(-c2ccccc2N(c2ccc3c(c2)-c2ccccc2-c2ccccc2-c2ccccc2-3)c2ccc3c(c2)C(c2ccccc2)(c2ccccc2)c2ccccc2-3)cc1. The van der Waals surface area contributed by atoms with Crippen molar-refractivity contribution in [3.05, 3.63) is 271 Å². The Kier molecular flexibility index (Phi) is 8.47. The van der Waals surface area contributed by atoms with E-state index in [1.54, 1.807) is 0 Å². The summed E-state index contributed by atoms with van der Waals surface area (Å²) < 4.78 is 0. The van der Waals surface area contributed by atoms with E-state index in [0.717, 1.165) is 17.1 Å². The predicted octanol–water partition coefficient (Wildman–Crippen LogP) is 16.2. The van der Waals surface area contributed by atoms with Crippen LogP contribution in [0.2, 0.25) is 0 Å². The summed E-state index contributed by atoms with van der Waals surface area (Å²) in [5.74, 6) is 0. The van der Waals surface area contributed by atoms with Crippen molar-refractivity contribution in [1.29, 1.82) is 0 Å². The van der Waals surface area contributed by atoms with Crippen molar-refractivity contribution in [2.45, 2.75) is 5.41 Å². The van der Waals surface area contributed by atoms with Crippen LogP contribution >= 0.6 is 0 Å². The molecule has 0 spiro atoms. The molecule has 10 aromatic carbocycles. The van der Waals surface area contributed by atoms with Crippen molar-refractivity contribution in [2.24, 2.45) is 0 Å². The number of nitrogens with zero attached hydrogens (tertiary/aromatic N) is 1. The number of anilines is 3. The van der Waals surface area contributed by atoms with E-state index >= 15 is 0 Å². The zero-order valence-electron chi connectivity index (χ0n) is 34.1. The van der Waals surface area contributed by atoms with Crippen LogP contribution in [-0.4, -0.2) is 0 Å². The van der Waals surface area contributed by atoms with Crippen LogP contribution in [0.15, 0.2) is 249 Å². The molecule has 0 saturated heterocycles. The van der Waals surface area contributed by atoms with E-state index in [0.29, 0.717) is 0 Å². The molecule has 0 aromatic heterocycles. The van der Waals surface area contributed by atoms with Gasteiger partial charge >= 0.3 is 0 Å². The molecule has 0 amide bonds. The van der Waals surface area contributed by atoms with Crippen LogP contribution in [0.5, 0.6) is 0 Å². The van der Waals surface area contributed by atoms with Crippen LogP contribution in [0.4, 0.5) is 17.1 Å². The Balaban J connectivity index is 1.15. The number of hydrogen-bond acceptors (Lipinski definition) is 1. The molecule has 1 heteroatoms. The lowest BCUT2D eigenvalue weighted by Crippen LogP contribution is -2.28. The molecule has 0 heterocycles. The summed E-state index contributed by atoms with van der Waals surface area (Å²) in [4.78, 5) is 2.49. The molecule has 0 N–H and O–H groups in total. The molecule has 2 aliphatic rings. The standard InChI is InChI=1S/C61H41N/c1-4-20-42(21-5-1)47-26-17-19-35-60(47)62(45-36-38-54-52-31-13-12-29-50(52)48-27-10-11-28-49(48)51-30-14-15-32-53(51)57(54)40-45)46-37-39-56-55-33-16-18-34-58(55)61(59(56)41-46,43-22-6-2-7-23-43)44-24-8-3-9-25-44/h1-41H. The molecular weight excluding hydrogens is 747 g/mol. The lowest BCUT2D eigenvalue weighted by molar-refractivity contribution is 0.768. The molecule has 0 saturated carbocycles. The van der Waals surface area contributed by atoms with Gasteiger partial charge in [-0.15, -0.1) is 0 Å². The number of fused-ring (bicyclic) bond motifs is 11. The first kappa shape index (κ1) is 35.9. The van der Waals surface area contributed by atoms with Crippen molar-refractivity contribution in [3.63, 3.8) is 0 Å². The van der Waals surface area contributed by atoms with Crippen molar-refractivity contribution < 1.29 is 0 Å². The average Bonchev–Trinajstić information content (AvgIpc) is 3.65. The van der Waals surface area contributed by atoms with Gasteiger partial charge in [0.2, 0.25) is 0 Å². The third-order valence-electron chi connectivity index (χ3n) is 13.1. The van der Waals surface area contributed by atoms with Gasteiger partial charge in [-0.3, -0.25) is 0 Å². The predicted molar refractivity (Wildman–Crippen MR) is 259 cm³/mol. The van der Waals surface area contributed by atoms with E-state index in [1.165, 1.54) is 89.0 Å². The molecule has 0 bridgehead atoms. The molecule has 0 unspecified atom stereocenters. The van der Waals surface area contributed by atoms with Crippen LogP contribution in [0, 0.1) is 0 Å². The highest BCUT2D eigenvalue weighted by Crippen LogP contribution is 2.58. The van der Waals surface area contributed by atoms with E-state index < -0.39 is 5.41 Å². The fraction of sp³-hybridized carbons (Fsp3) is 0.0164. The molecule has 62 heavy (non-hydrogen) atoms. The van der Waals surface area contributed by atoms with E-state index in [4.69, 9.17) is 0 Å². The topological polar surface area (TPSA) is 3.24 Å². The zero-order valence-corrected chi connectivity index (χ0v) is 34.1. The monoisotopic (exact) mass is 787 g/mol. The van der Waals surface area contributed by atoms with Gasteiger partial charge in [-0.2, -0.15) is 0 Å². The van der Waals surface area contributed by atoms with Crippen LogP contribution < -0.4 is 4.90 Å². The molecule has 0 aliphatic heterocycles. The third-order valence-corrected chi connectivity index (χ3v) is 13.1. The summed E-state index contributed by atoms with van der Waals surface area (Å²) in [5, 5.41) is 0. The quantitative estimate of drug-likeness (QED) is 0.162. The highest BCUT2D eigenvalue weighted by molar-refractivity contribution is 6.04. The van der Waals surface area contributed by atoms with Gasteiger partial charge in [0, 0.05) is 16.9 Å². The van der Waals surface area contributed by atoms with Crippen LogP contribution in [-0.2, 0) is 5.41 Å². The molecule has 2 aliphatic carbocycles. The number of hydrogen-bond donors (Lipinski definition) is 0. The van der Waals surface area contributed by atoms with E-state index in [-0.39, 0.29) is 0 Å². The molecular formula is C61H41N. The maximum absolute atomic E-state index is 2.49. The molecule has 12 rings (SSSR count). The normalized spacial score (nSPS) is 12.6. The molecule has 290 valence electrons. The van der Waals surface area contributed by atoms with Gasteiger partial charge < -0.3 is 4.90 Å². The highest BCUT2D eigenvalue weighted by Gasteiger charge is 2.46. The van der Waals surface area contributed by atoms with Gasteiger partial charge in [-0.1, -0.05) is 218 Å². The van der Waals surface area contributed by atoms with Crippen molar-refractivity contribution in [2.75, 3.05) is 4.90 Å². The zero-order chi connectivity index (χ0) is 41.0. The van der Waals surface area contributed by atoms with Crippen molar-refractivity contribution in [3.8, 4) is 66.8 Å². The van der Waals surface area contributed by atoms with Crippen molar-refractivity contribution in [1.82, 2.24) is 0 Å². The Morgan fingerprint density at radius 3 is 1.16 bits per heavy atom. The first-order chi connectivity index (χ1) is 30.8. The van der Waals surface area contributed by atoms with E-state index in [9.17, 15) is 0 Å². The van der Waals surface area contributed by atoms with E-state index in [2.05, 4.69) is 254 Å². The Labute approximate surface area is 363 Å². The Morgan fingerprint density at radius 2 is 0.613 bits per heavy atom. The largest absolute Gasteiger partial charge is 0.310 e. The maximum atomic E-state index is 2.49. The minimum Gasteiger partial charge on any atom is -0.310 e. The van der Waals surface area contributed by atoms with Crippen LogP contribution in [0.3, 0.4) is 0 Å². The van der Waals surface area contributed by atoms with E-state index in [1.807, 2.05) is 0 Å². The minimum absolute atomic E-state index is 0.531. The lowest BCUT2D eigenvalue weighted by atomic mass is 9.67. The van der Waals surface area contributed by atoms with Gasteiger partial charge in [0.15, 0.2) is 0 Å². The Hall–Kier alpha value is -8.00. The van der Waals surface area contributed by atoms with Gasteiger partial charge in [-0.25, -0.2) is 0 Å². The molecule has 0 atom stereocenters. The second-order valence-electron chi connectivity index (χ2n) is 16.3. The van der Waals surface area contributed by atoms with Crippen molar-refractivity contribution >= 4 is 17.1 Å². The van der Waals surface area contributed by atoms with Gasteiger partial charge in [0.05, 0.1) is 11.1 Å². The fourth-order valence-electron chi connectivity index (χ4n) is 10.5. The minimum atomic E-state index is -0.531. The summed E-state index contributed by atoms with van der Waals surface area (Å²) >= 11 is 0. The third kappa shape index (κ3) is 5.49. The first-order valence-corrected chi connectivity index (χ1v) is 21.5. The molecule has 10 aromatic rings. The maximum Gasteiger partial charge on any atom is 0.0714 e. The summed E-state index contributed by atoms with van der Waals surface area (Å²) in [6.45, 7) is 0. The molecule has 1 nitrogen and oxygen atoms in total. The second kappa shape index (κ2) is 14.6. The summed E-state index contributed by atoms with van der Waals surface area (Å²) in [5.41, 5.74) is 22.6. The molecule has 0 fully saturated rings. The smallest absolute Gasteiger partial charge is 0.0714 e. The van der Waals surface area contributed by atoms with Gasteiger partial charge in [0.1, 0.15) is 0 Å². The first-order valence-electron chi connectivity index (χ1n) is 21.5. The number of benzene rings is 10.